The van der Waals surface area contributed by atoms with Gasteiger partial charge in [0.25, 0.3) is 5.19 Å². The standard InChI is InChI=1S/C11H10ClNO3S/c12-10-9(6-15)17-11(13-10)16-8-3-1-7(5-14)2-4-8/h1-4,14-15H,5-6H2. The lowest BCUT2D eigenvalue weighted by atomic mass is 10.2. The molecule has 6 heteroatoms. The molecule has 1 heterocycles. The number of thiazole rings is 1. The number of benzene rings is 1. The highest BCUT2D eigenvalue weighted by Gasteiger charge is 2.09. The van der Waals surface area contributed by atoms with Gasteiger partial charge in [-0.3, -0.25) is 0 Å². The fraction of sp³-hybridized carbons (Fsp3) is 0.182. The molecule has 2 aromatic rings. The van der Waals surface area contributed by atoms with Gasteiger partial charge in [0.05, 0.1) is 18.1 Å². The van der Waals surface area contributed by atoms with Crippen LogP contribution in [0.2, 0.25) is 5.15 Å². The second-order valence-corrected chi connectivity index (χ2v) is 4.66. The molecule has 0 amide bonds. The second kappa shape index (κ2) is 5.46. The number of hydrogen-bond acceptors (Lipinski definition) is 5. The predicted octanol–water partition coefficient (Wildman–Crippen LogP) is 2.57. The fourth-order valence-electron chi connectivity index (χ4n) is 1.22. The average Bonchev–Trinajstić information content (AvgIpc) is 2.70. The summed E-state index contributed by atoms with van der Waals surface area (Å²) in [6.07, 6.45) is 0. The van der Waals surface area contributed by atoms with Gasteiger partial charge in [-0.05, 0) is 17.7 Å². The van der Waals surface area contributed by atoms with Gasteiger partial charge in [-0.1, -0.05) is 35.1 Å². The Balaban J connectivity index is 2.13. The summed E-state index contributed by atoms with van der Waals surface area (Å²) in [5.74, 6) is 0.608. The van der Waals surface area contributed by atoms with Crippen LogP contribution in [0.4, 0.5) is 0 Å². The van der Waals surface area contributed by atoms with Gasteiger partial charge in [-0.15, -0.1) is 0 Å². The van der Waals surface area contributed by atoms with E-state index in [1.54, 1.807) is 24.3 Å². The second-order valence-electron chi connectivity index (χ2n) is 3.26. The number of hydrogen-bond donors (Lipinski definition) is 2. The van der Waals surface area contributed by atoms with Crippen LogP contribution in [-0.4, -0.2) is 15.2 Å². The maximum Gasteiger partial charge on any atom is 0.280 e. The minimum Gasteiger partial charge on any atom is -0.431 e. The largest absolute Gasteiger partial charge is 0.431 e. The predicted molar refractivity (Wildman–Crippen MR) is 65.5 cm³/mol. The number of aliphatic hydroxyl groups excluding tert-OH is 2. The summed E-state index contributed by atoms with van der Waals surface area (Å²) in [5.41, 5.74) is 0.811. The summed E-state index contributed by atoms with van der Waals surface area (Å²) in [5, 5.41) is 18.5. The van der Waals surface area contributed by atoms with Crippen LogP contribution < -0.4 is 4.74 Å². The van der Waals surface area contributed by atoms with Crippen molar-refractivity contribution in [2.75, 3.05) is 0 Å². The summed E-state index contributed by atoms with van der Waals surface area (Å²) in [7, 11) is 0. The first kappa shape index (κ1) is 12.3. The molecule has 0 aliphatic rings. The van der Waals surface area contributed by atoms with Crippen molar-refractivity contribution in [2.45, 2.75) is 13.2 Å². The zero-order valence-electron chi connectivity index (χ0n) is 8.76. The molecule has 2 rings (SSSR count). The maximum atomic E-state index is 8.97. The Morgan fingerprint density at radius 1 is 1.18 bits per heavy atom. The highest BCUT2D eigenvalue weighted by atomic mass is 35.5. The van der Waals surface area contributed by atoms with Crippen LogP contribution in [0.15, 0.2) is 24.3 Å². The van der Waals surface area contributed by atoms with E-state index in [0.29, 0.717) is 15.8 Å². The van der Waals surface area contributed by atoms with E-state index in [1.165, 1.54) is 11.3 Å². The Hall–Kier alpha value is -1.14. The highest BCUT2D eigenvalue weighted by Crippen LogP contribution is 2.31. The highest BCUT2D eigenvalue weighted by molar-refractivity contribution is 7.13. The van der Waals surface area contributed by atoms with E-state index in [2.05, 4.69) is 4.98 Å². The van der Waals surface area contributed by atoms with Crippen LogP contribution in [0.25, 0.3) is 0 Å². The topological polar surface area (TPSA) is 62.6 Å². The Morgan fingerprint density at radius 3 is 2.41 bits per heavy atom. The van der Waals surface area contributed by atoms with E-state index in [9.17, 15) is 0 Å². The minimum absolute atomic E-state index is 0.00196. The molecule has 17 heavy (non-hydrogen) atoms. The number of aromatic nitrogens is 1. The molecule has 4 nitrogen and oxygen atoms in total. The van der Waals surface area contributed by atoms with Gasteiger partial charge in [-0.25, -0.2) is 0 Å². The number of halogens is 1. The van der Waals surface area contributed by atoms with Gasteiger partial charge < -0.3 is 14.9 Å². The molecule has 0 bridgehead atoms. The first-order valence-corrected chi connectivity index (χ1v) is 6.06. The van der Waals surface area contributed by atoms with Crippen LogP contribution >= 0.6 is 22.9 Å². The van der Waals surface area contributed by atoms with Gasteiger partial charge >= 0.3 is 0 Å². The van der Waals surface area contributed by atoms with E-state index in [1.807, 2.05) is 0 Å². The van der Waals surface area contributed by atoms with E-state index < -0.39 is 0 Å². The Morgan fingerprint density at radius 2 is 1.88 bits per heavy atom. The van der Waals surface area contributed by atoms with Crippen molar-refractivity contribution in [1.82, 2.24) is 4.98 Å². The molecule has 90 valence electrons. The van der Waals surface area contributed by atoms with E-state index in [4.69, 9.17) is 26.6 Å². The third kappa shape index (κ3) is 2.95. The van der Waals surface area contributed by atoms with Crippen molar-refractivity contribution >= 4 is 22.9 Å². The average molecular weight is 272 g/mol. The van der Waals surface area contributed by atoms with Gasteiger partial charge in [0.15, 0.2) is 0 Å². The smallest absolute Gasteiger partial charge is 0.280 e. The quantitative estimate of drug-likeness (QED) is 0.897. The number of aliphatic hydroxyl groups is 2. The first-order chi connectivity index (χ1) is 8.22. The molecule has 0 aliphatic heterocycles. The van der Waals surface area contributed by atoms with Crippen molar-refractivity contribution in [1.29, 1.82) is 0 Å². The molecule has 2 N–H and O–H groups in total. The third-order valence-electron chi connectivity index (χ3n) is 2.08. The van der Waals surface area contributed by atoms with E-state index in [0.717, 1.165) is 5.56 Å². The molecule has 0 fully saturated rings. The molecule has 0 atom stereocenters. The molecule has 1 aromatic carbocycles. The van der Waals surface area contributed by atoms with Gasteiger partial charge in [0, 0.05) is 0 Å². The van der Waals surface area contributed by atoms with Crippen molar-refractivity contribution in [3.05, 3.63) is 39.9 Å². The van der Waals surface area contributed by atoms with E-state index >= 15 is 0 Å². The van der Waals surface area contributed by atoms with Crippen LogP contribution in [0.1, 0.15) is 10.4 Å². The zero-order valence-corrected chi connectivity index (χ0v) is 10.3. The first-order valence-electron chi connectivity index (χ1n) is 4.86. The minimum atomic E-state index is -0.149. The molecule has 0 spiro atoms. The maximum absolute atomic E-state index is 8.97. The lowest BCUT2D eigenvalue weighted by Gasteiger charge is -2.01. The van der Waals surface area contributed by atoms with Crippen LogP contribution in [0, 0.1) is 0 Å². The number of rotatable bonds is 4. The zero-order chi connectivity index (χ0) is 12.3. The van der Waals surface area contributed by atoms with Gasteiger partial charge in [-0.2, -0.15) is 4.98 Å². The van der Waals surface area contributed by atoms with Crippen LogP contribution in [0.5, 0.6) is 10.9 Å². The summed E-state index contributed by atoms with van der Waals surface area (Å²) in [6.45, 7) is -0.151. The summed E-state index contributed by atoms with van der Waals surface area (Å²) in [6, 6.07) is 6.99. The molecule has 0 aliphatic carbocycles. The summed E-state index contributed by atoms with van der Waals surface area (Å²) < 4.78 is 5.47. The lowest BCUT2D eigenvalue weighted by Crippen LogP contribution is -1.85. The Kier molecular flexibility index (Phi) is 3.96. The molecule has 0 saturated carbocycles. The molecule has 0 radical (unpaired) electrons. The molecule has 0 unspecified atom stereocenters. The normalized spacial score (nSPS) is 10.5. The summed E-state index contributed by atoms with van der Waals surface area (Å²) >= 11 is 6.98. The molecule has 0 saturated heterocycles. The van der Waals surface area contributed by atoms with Crippen molar-refractivity contribution in [3.63, 3.8) is 0 Å². The van der Waals surface area contributed by atoms with Crippen molar-refractivity contribution in [2.24, 2.45) is 0 Å². The third-order valence-corrected chi connectivity index (χ3v) is 3.43. The number of nitrogens with zero attached hydrogens (tertiary/aromatic N) is 1. The van der Waals surface area contributed by atoms with E-state index in [-0.39, 0.29) is 18.4 Å². The Bertz CT molecular complexity index is 498. The van der Waals surface area contributed by atoms with Crippen LogP contribution in [-0.2, 0) is 13.2 Å². The summed E-state index contributed by atoms with van der Waals surface area (Å²) in [4.78, 5) is 4.55. The van der Waals surface area contributed by atoms with Crippen molar-refractivity contribution < 1.29 is 14.9 Å². The van der Waals surface area contributed by atoms with Gasteiger partial charge in [0.1, 0.15) is 10.9 Å². The molecule has 1 aromatic heterocycles. The number of ether oxygens (including phenoxy) is 1. The monoisotopic (exact) mass is 271 g/mol. The van der Waals surface area contributed by atoms with Crippen LogP contribution in [0.3, 0.4) is 0 Å². The molecular weight excluding hydrogens is 262 g/mol. The lowest BCUT2D eigenvalue weighted by molar-refractivity contribution is 0.281. The van der Waals surface area contributed by atoms with Gasteiger partial charge in [0.2, 0.25) is 0 Å². The Labute approximate surface area is 107 Å². The molecular formula is C11H10ClNO3S. The fourth-order valence-corrected chi connectivity index (χ4v) is 2.20. The SMILES string of the molecule is OCc1ccc(Oc2nc(Cl)c(CO)s2)cc1. The van der Waals surface area contributed by atoms with Crippen molar-refractivity contribution in [3.8, 4) is 10.9 Å².